The number of ether oxygens (including phenoxy) is 1. The van der Waals surface area contributed by atoms with Crippen LogP contribution in [0.4, 0.5) is 4.39 Å². The lowest BCUT2D eigenvalue weighted by Crippen LogP contribution is -2.45. The van der Waals surface area contributed by atoms with E-state index in [1.165, 1.54) is 12.1 Å². The second-order valence-corrected chi connectivity index (χ2v) is 4.96. The Balaban J connectivity index is 2.00. The molecule has 1 saturated heterocycles. The predicted molar refractivity (Wildman–Crippen MR) is 64.3 cm³/mol. The van der Waals surface area contributed by atoms with E-state index in [-0.39, 0.29) is 5.82 Å². The van der Waals surface area contributed by atoms with E-state index in [9.17, 15) is 9.50 Å². The fourth-order valence-electron chi connectivity index (χ4n) is 2.28. The standard InChI is InChI=1S/C14H19FO2/c1-14(8-2-3-9-17-14)13(16)10-11-4-6-12(15)7-5-11/h4-7,13,16H,2-3,8-10H2,1H3. The molecule has 1 aliphatic heterocycles. The number of aliphatic hydroxyl groups is 1. The molecule has 0 aliphatic carbocycles. The number of hydrogen-bond acceptors (Lipinski definition) is 2. The smallest absolute Gasteiger partial charge is 0.123 e. The summed E-state index contributed by atoms with van der Waals surface area (Å²) in [6, 6.07) is 6.27. The summed E-state index contributed by atoms with van der Waals surface area (Å²) in [5, 5.41) is 10.2. The maximum absolute atomic E-state index is 12.8. The molecule has 0 saturated carbocycles. The minimum Gasteiger partial charge on any atom is -0.390 e. The highest BCUT2D eigenvalue weighted by molar-refractivity contribution is 5.17. The van der Waals surface area contributed by atoms with E-state index in [2.05, 4.69) is 0 Å². The quantitative estimate of drug-likeness (QED) is 0.877. The van der Waals surface area contributed by atoms with Gasteiger partial charge < -0.3 is 9.84 Å². The van der Waals surface area contributed by atoms with Gasteiger partial charge in [-0.15, -0.1) is 0 Å². The van der Waals surface area contributed by atoms with Gasteiger partial charge in [0.1, 0.15) is 5.82 Å². The van der Waals surface area contributed by atoms with Gasteiger partial charge in [-0.3, -0.25) is 0 Å². The van der Waals surface area contributed by atoms with Crippen molar-refractivity contribution in [2.24, 2.45) is 0 Å². The molecule has 2 unspecified atom stereocenters. The van der Waals surface area contributed by atoms with Crippen LogP contribution in [0.3, 0.4) is 0 Å². The van der Waals surface area contributed by atoms with Gasteiger partial charge in [-0.1, -0.05) is 12.1 Å². The average molecular weight is 238 g/mol. The molecule has 2 atom stereocenters. The summed E-state index contributed by atoms with van der Waals surface area (Å²) in [5.41, 5.74) is 0.487. The van der Waals surface area contributed by atoms with E-state index in [1.807, 2.05) is 6.92 Å². The van der Waals surface area contributed by atoms with Crippen LogP contribution in [0.1, 0.15) is 31.7 Å². The number of hydrogen-bond donors (Lipinski definition) is 1. The van der Waals surface area contributed by atoms with Gasteiger partial charge in [-0.25, -0.2) is 4.39 Å². The Labute approximate surface area is 101 Å². The first-order chi connectivity index (χ1) is 8.10. The van der Waals surface area contributed by atoms with Crippen molar-refractivity contribution < 1.29 is 14.2 Å². The van der Waals surface area contributed by atoms with Crippen molar-refractivity contribution in [1.29, 1.82) is 0 Å². The summed E-state index contributed by atoms with van der Waals surface area (Å²) in [7, 11) is 0. The summed E-state index contributed by atoms with van der Waals surface area (Å²) in [6.07, 6.45) is 3.02. The Morgan fingerprint density at radius 2 is 2.06 bits per heavy atom. The third-order valence-corrected chi connectivity index (χ3v) is 3.55. The molecule has 0 radical (unpaired) electrons. The molecule has 1 N–H and O–H groups in total. The minimum atomic E-state index is -0.534. The zero-order valence-electron chi connectivity index (χ0n) is 10.2. The molecule has 0 amide bonds. The molecule has 2 rings (SSSR count). The minimum absolute atomic E-state index is 0.247. The molecular weight excluding hydrogens is 219 g/mol. The van der Waals surface area contributed by atoms with Crippen molar-refractivity contribution in [2.75, 3.05) is 6.61 Å². The molecule has 3 heteroatoms. The first-order valence-electron chi connectivity index (χ1n) is 6.17. The Morgan fingerprint density at radius 1 is 1.35 bits per heavy atom. The van der Waals surface area contributed by atoms with Gasteiger partial charge in [-0.05, 0) is 43.9 Å². The Morgan fingerprint density at radius 3 is 2.65 bits per heavy atom. The summed E-state index contributed by atoms with van der Waals surface area (Å²) >= 11 is 0. The van der Waals surface area contributed by atoms with E-state index in [4.69, 9.17) is 4.74 Å². The zero-order chi connectivity index (χ0) is 12.3. The summed E-state index contributed by atoms with van der Waals surface area (Å²) in [4.78, 5) is 0. The van der Waals surface area contributed by atoms with Crippen molar-refractivity contribution in [3.8, 4) is 0 Å². The molecule has 0 bridgehead atoms. The van der Waals surface area contributed by atoms with Crippen LogP contribution in [0.15, 0.2) is 24.3 Å². The molecule has 1 heterocycles. The monoisotopic (exact) mass is 238 g/mol. The topological polar surface area (TPSA) is 29.5 Å². The lowest BCUT2D eigenvalue weighted by Gasteiger charge is -2.38. The summed E-state index contributed by atoms with van der Waals surface area (Å²) in [6.45, 7) is 2.68. The second kappa shape index (κ2) is 5.15. The van der Waals surface area contributed by atoms with E-state index < -0.39 is 11.7 Å². The highest BCUT2D eigenvalue weighted by Gasteiger charge is 2.35. The van der Waals surface area contributed by atoms with E-state index in [1.54, 1.807) is 12.1 Å². The van der Waals surface area contributed by atoms with Gasteiger partial charge in [-0.2, -0.15) is 0 Å². The zero-order valence-corrected chi connectivity index (χ0v) is 10.2. The Hall–Kier alpha value is -0.930. The average Bonchev–Trinajstić information content (AvgIpc) is 2.33. The van der Waals surface area contributed by atoms with Crippen LogP contribution >= 0.6 is 0 Å². The highest BCUT2D eigenvalue weighted by atomic mass is 19.1. The molecule has 0 spiro atoms. The summed E-state index contributed by atoms with van der Waals surface area (Å²) in [5.74, 6) is -0.247. The number of halogens is 1. The summed E-state index contributed by atoms with van der Waals surface area (Å²) < 4.78 is 18.5. The van der Waals surface area contributed by atoms with Crippen LogP contribution in [0.5, 0.6) is 0 Å². The molecule has 17 heavy (non-hydrogen) atoms. The van der Waals surface area contributed by atoms with E-state index >= 15 is 0 Å². The van der Waals surface area contributed by atoms with Crippen molar-refractivity contribution in [2.45, 2.75) is 44.3 Å². The first-order valence-corrected chi connectivity index (χ1v) is 6.17. The van der Waals surface area contributed by atoms with Gasteiger partial charge in [0.15, 0.2) is 0 Å². The van der Waals surface area contributed by atoms with E-state index in [0.717, 1.165) is 31.4 Å². The van der Waals surface area contributed by atoms with Crippen molar-refractivity contribution in [3.63, 3.8) is 0 Å². The Kier molecular flexibility index (Phi) is 3.79. The van der Waals surface area contributed by atoms with Gasteiger partial charge in [0.2, 0.25) is 0 Å². The molecule has 1 fully saturated rings. The SMILES string of the molecule is CC1(C(O)Cc2ccc(F)cc2)CCCCO1. The maximum atomic E-state index is 12.8. The molecule has 94 valence electrons. The number of benzene rings is 1. The van der Waals surface area contributed by atoms with Crippen LogP contribution in [-0.2, 0) is 11.2 Å². The third-order valence-electron chi connectivity index (χ3n) is 3.55. The van der Waals surface area contributed by atoms with E-state index in [0.29, 0.717) is 6.42 Å². The lowest BCUT2D eigenvalue weighted by molar-refractivity contribution is -0.135. The van der Waals surface area contributed by atoms with Gasteiger partial charge in [0, 0.05) is 13.0 Å². The molecule has 2 nitrogen and oxygen atoms in total. The molecule has 0 aromatic heterocycles. The van der Waals surface area contributed by atoms with Crippen LogP contribution in [0.25, 0.3) is 0 Å². The lowest BCUT2D eigenvalue weighted by atomic mass is 9.87. The van der Waals surface area contributed by atoms with Gasteiger partial charge in [0.25, 0.3) is 0 Å². The second-order valence-electron chi connectivity index (χ2n) is 4.96. The molecular formula is C14H19FO2. The molecule has 1 aromatic carbocycles. The van der Waals surface area contributed by atoms with Gasteiger partial charge in [0.05, 0.1) is 11.7 Å². The third kappa shape index (κ3) is 3.05. The fraction of sp³-hybridized carbons (Fsp3) is 0.571. The van der Waals surface area contributed by atoms with Crippen LogP contribution in [-0.4, -0.2) is 23.4 Å². The Bertz CT molecular complexity index is 355. The van der Waals surface area contributed by atoms with Crippen LogP contribution in [0.2, 0.25) is 0 Å². The predicted octanol–water partition coefficient (Wildman–Crippen LogP) is 2.69. The van der Waals surface area contributed by atoms with Crippen molar-refractivity contribution >= 4 is 0 Å². The van der Waals surface area contributed by atoms with Crippen LogP contribution in [0, 0.1) is 5.82 Å². The largest absolute Gasteiger partial charge is 0.390 e. The van der Waals surface area contributed by atoms with Crippen molar-refractivity contribution in [3.05, 3.63) is 35.6 Å². The molecule has 1 aliphatic rings. The fourth-order valence-corrected chi connectivity index (χ4v) is 2.28. The normalized spacial score (nSPS) is 26.8. The highest BCUT2D eigenvalue weighted by Crippen LogP contribution is 2.29. The molecule has 1 aromatic rings. The first kappa shape index (κ1) is 12.5. The van der Waals surface area contributed by atoms with Crippen LogP contribution < -0.4 is 0 Å². The maximum Gasteiger partial charge on any atom is 0.123 e. The van der Waals surface area contributed by atoms with Gasteiger partial charge >= 0.3 is 0 Å². The number of rotatable bonds is 3. The number of aliphatic hydroxyl groups excluding tert-OH is 1. The van der Waals surface area contributed by atoms with Crippen molar-refractivity contribution in [1.82, 2.24) is 0 Å².